The molecule has 0 amide bonds. The van der Waals surface area contributed by atoms with E-state index in [1.54, 1.807) is 18.3 Å². The number of rotatable bonds is 4. The predicted octanol–water partition coefficient (Wildman–Crippen LogP) is 4.82. The van der Waals surface area contributed by atoms with Gasteiger partial charge in [0.15, 0.2) is 0 Å². The zero-order chi connectivity index (χ0) is 13.8. The maximum Gasteiger partial charge on any atom is 0.0514 e. The number of halogens is 3. The molecule has 0 spiro atoms. The third kappa shape index (κ3) is 3.61. The van der Waals surface area contributed by atoms with E-state index >= 15 is 0 Å². The summed E-state index contributed by atoms with van der Waals surface area (Å²) in [6.07, 6.45) is 3.57. The molecule has 19 heavy (non-hydrogen) atoms. The van der Waals surface area contributed by atoms with Crippen molar-refractivity contribution in [1.29, 1.82) is 0 Å². The van der Waals surface area contributed by atoms with E-state index in [4.69, 9.17) is 34.8 Å². The molecule has 1 heterocycles. The molecule has 2 rings (SSSR count). The zero-order valence-corrected chi connectivity index (χ0v) is 12.6. The molecule has 0 aliphatic rings. The fourth-order valence-corrected chi connectivity index (χ4v) is 2.84. The molecule has 0 atom stereocenters. The molecule has 0 saturated carbocycles. The summed E-state index contributed by atoms with van der Waals surface area (Å²) in [5, 5.41) is 4.83. The molecule has 2 nitrogen and oxygen atoms in total. The van der Waals surface area contributed by atoms with Crippen molar-refractivity contribution in [1.82, 2.24) is 10.3 Å². The van der Waals surface area contributed by atoms with Crippen LogP contribution >= 0.6 is 34.8 Å². The van der Waals surface area contributed by atoms with Gasteiger partial charge >= 0.3 is 0 Å². The van der Waals surface area contributed by atoms with Crippen molar-refractivity contribution in [2.45, 2.75) is 13.5 Å². The summed E-state index contributed by atoms with van der Waals surface area (Å²) >= 11 is 18.3. The largest absolute Gasteiger partial charge is 0.313 e. The highest BCUT2D eigenvalue weighted by atomic mass is 35.5. The first-order chi connectivity index (χ1) is 9.11. The van der Waals surface area contributed by atoms with E-state index in [-0.39, 0.29) is 0 Å². The molecular weight excluding hydrogens is 303 g/mol. The monoisotopic (exact) mass is 314 g/mol. The second-order valence-electron chi connectivity index (χ2n) is 4.11. The van der Waals surface area contributed by atoms with E-state index in [2.05, 4.69) is 17.2 Å². The summed E-state index contributed by atoms with van der Waals surface area (Å²) in [6.45, 7) is 3.73. The molecule has 0 bridgehead atoms. The van der Waals surface area contributed by atoms with E-state index in [0.29, 0.717) is 15.1 Å². The van der Waals surface area contributed by atoms with Crippen molar-refractivity contribution in [3.63, 3.8) is 0 Å². The molecule has 2 aromatic rings. The van der Waals surface area contributed by atoms with Gasteiger partial charge in [-0.2, -0.15) is 0 Å². The summed E-state index contributed by atoms with van der Waals surface area (Å²) in [4.78, 5) is 4.23. The molecule has 0 radical (unpaired) electrons. The number of aromatic nitrogens is 1. The van der Waals surface area contributed by atoms with Gasteiger partial charge in [-0.3, -0.25) is 4.98 Å². The van der Waals surface area contributed by atoms with Gasteiger partial charge in [-0.25, -0.2) is 0 Å². The second-order valence-corrected chi connectivity index (χ2v) is 5.36. The van der Waals surface area contributed by atoms with Crippen molar-refractivity contribution in [3.8, 4) is 11.1 Å². The first-order valence-electron chi connectivity index (χ1n) is 5.91. The molecule has 0 aliphatic carbocycles. The van der Waals surface area contributed by atoms with Crippen LogP contribution in [0.5, 0.6) is 0 Å². The third-order valence-electron chi connectivity index (χ3n) is 2.67. The fraction of sp³-hybridized carbons (Fsp3) is 0.214. The molecule has 1 aromatic carbocycles. The SMILES string of the molecule is CCNCc1cncc(-c2c(Cl)cc(Cl)cc2Cl)c1. The van der Waals surface area contributed by atoms with Crippen LogP contribution < -0.4 is 5.32 Å². The van der Waals surface area contributed by atoms with Gasteiger partial charge in [-0.05, 0) is 30.3 Å². The first-order valence-corrected chi connectivity index (χ1v) is 7.04. The number of hydrogen-bond donors (Lipinski definition) is 1. The lowest BCUT2D eigenvalue weighted by molar-refractivity contribution is 0.724. The van der Waals surface area contributed by atoms with Crippen molar-refractivity contribution in [3.05, 3.63) is 51.2 Å². The van der Waals surface area contributed by atoms with Crippen LogP contribution in [0.2, 0.25) is 15.1 Å². The Morgan fingerprint density at radius 2 is 1.74 bits per heavy atom. The van der Waals surface area contributed by atoms with Gasteiger partial charge in [0.05, 0.1) is 10.0 Å². The Morgan fingerprint density at radius 1 is 1.05 bits per heavy atom. The second kappa shape index (κ2) is 6.58. The average molecular weight is 316 g/mol. The molecule has 0 fully saturated rings. The topological polar surface area (TPSA) is 24.9 Å². The van der Waals surface area contributed by atoms with E-state index in [1.165, 1.54) is 0 Å². The molecular formula is C14H13Cl3N2. The highest BCUT2D eigenvalue weighted by Crippen LogP contribution is 2.37. The van der Waals surface area contributed by atoms with Crippen LogP contribution in [0.3, 0.4) is 0 Å². The van der Waals surface area contributed by atoms with Gasteiger partial charge in [0.2, 0.25) is 0 Å². The van der Waals surface area contributed by atoms with E-state index < -0.39 is 0 Å². The van der Waals surface area contributed by atoms with E-state index in [1.807, 2.05) is 12.3 Å². The molecule has 0 saturated heterocycles. The van der Waals surface area contributed by atoms with Crippen LogP contribution in [0.15, 0.2) is 30.6 Å². The summed E-state index contributed by atoms with van der Waals surface area (Å²) < 4.78 is 0. The number of nitrogens with zero attached hydrogens (tertiary/aromatic N) is 1. The van der Waals surface area contributed by atoms with Gasteiger partial charge < -0.3 is 5.32 Å². The van der Waals surface area contributed by atoms with Crippen molar-refractivity contribution in [2.24, 2.45) is 0 Å². The number of benzene rings is 1. The van der Waals surface area contributed by atoms with Gasteiger partial charge in [-0.15, -0.1) is 0 Å². The summed E-state index contributed by atoms with van der Waals surface area (Å²) in [7, 11) is 0. The fourth-order valence-electron chi connectivity index (χ4n) is 1.81. The van der Waals surface area contributed by atoms with Gasteiger partial charge in [0.1, 0.15) is 0 Å². The lowest BCUT2D eigenvalue weighted by Crippen LogP contribution is -2.11. The van der Waals surface area contributed by atoms with Crippen LogP contribution in [0, 0.1) is 0 Å². The van der Waals surface area contributed by atoms with Crippen LogP contribution in [0.1, 0.15) is 12.5 Å². The minimum Gasteiger partial charge on any atom is -0.313 e. The van der Waals surface area contributed by atoms with E-state index in [9.17, 15) is 0 Å². The molecule has 1 aromatic heterocycles. The third-order valence-corrected chi connectivity index (χ3v) is 3.48. The van der Waals surface area contributed by atoms with Crippen molar-refractivity contribution in [2.75, 3.05) is 6.54 Å². The molecule has 0 unspecified atom stereocenters. The van der Waals surface area contributed by atoms with Crippen LogP contribution in [0.25, 0.3) is 11.1 Å². The lowest BCUT2D eigenvalue weighted by Gasteiger charge is -2.09. The maximum atomic E-state index is 6.21. The summed E-state index contributed by atoms with van der Waals surface area (Å²) in [5.74, 6) is 0. The van der Waals surface area contributed by atoms with Gasteiger partial charge in [-0.1, -0.05) is 41.7 Å². The van der Waals surface area contributed by atoms with Gasteiger partial charge in [0.25, 0.3) is 0 Å². The highest BCUT2D eigenvalue weighted by molar-refractivity contribution is 6.41. The standard InChI is InChI=1S/C14H13Cl3N2/c1-2-18-6-9-3-10(8-19-7-9)14-12(16)4-11(15)5-13(14)17/h3-5,7-8,18H,2,6H2,1H3. The van der Waals surface area contributed by atoms with Crippen molar-refractivity contribution < 1.29 is 0 Å². The predicted molar refractivity (Wildman–Crippen MR) is 82.1 cm³/mol. The maximum absolute atomic E-state index is 6.21. The molecule has 0 aliphatic heterocycles. The Bertz CT molecular complexity index is 562. The van der Waals surface area contributed by atoms with Crippen molar-refractivity contribution >= 4 is 34.8 Å². The van der Waals surface area contributed by atoms with Crippen LogP contribution in [-0.2, 0) is 6.54 Å². The molecule has 1 N–H and O–H groups in total. The Balaban J connectivity index is 2.42. The number of pyridine rings is 1. The first kappa shape index (κ1) is 14.6. The molecule has 100 valence electrons. The average Bonchev–Trinajstić information content (AvgIpc) is 2.35. The Kier molecular flexibility index (Phi) is 5.06. The Morgan fingerprint density at radius 3 is 2.37 bits per heavy atom. The summed E-state index contributed by atoms with van der Waals surface area (Å²) in [6, 6.07) is 5.39. The highest BCUT2D eigenvalue weighted by Gasteiger charge is 2.11. The Hall–Kier alpha value is -0.800. The van der Waals surface area contributed by atoms with Gasteiger partial charge in [0, 0.05) is 35.1 Å². The smallest absolute Gasteiger partial charge is 0.0514 e. The lowest BCUT2D eigenvalue weighted by atomic mass is 10.1. The molecule has 5 heteroatoms. The van der Waals surface area contributed by atoms with E-state index in [0.717, 1.165) is 29.8 Å². The normalized spacial score (nSPS) is 10.7. The minimum absolute atomic E-state index is 0.524. The Labute approximate surface area is 127 Å². The van der Waals surface area contributed by atoms with Crippen LogP contribution in [0.4, 0.5) is 0 Å². The minimum atomic E-state index is 0.524. The summed E-state index contributed by atoms with van der Waals surface area (Å²) in [5.41, 5.74) is 2.74. The van der Waals surface area contributed by atoms with Crippen LogP contribution in [-0.4, -0.2) is 11.5 Å². The quantitative estimate of drug-likeness (QED) is 0.875. The number of hydrogen-bond acceptors (Lipinski definition) is 2. The number of nitrogens with one attached hydrogen (secondary N) is 1. The zero-order valence-electron chi connectivity index (χ0n) is 10.4.